The lowest BCUT2D eigenvalue weighted by atomic mass is 10.4. The summed E-state index contributed by atoms with van der Waals surface area (Å²) in [5, 5.41) is 3.39. The van der Waals surface area contributed by atoms with E-state index < -0.39 is 10.0 Å². The number of hydrogen-bond acceptors (Lipinski definition) is 4. The first-order chi connectivity index (χ1) is 9.88. The highest BCUT2D eigenvalue weighted by molar-refractivity contribution is 7.89. The summed E-state index contributed by atoms with van der Waals surface area (Å²) in [6.45, 7) is 5.20. The van der Waals surface area contributed by atoms with Crippen LogP contribution in [0.2, 0.25) is 0 Å². The van der Waals surface area contributed by atoms with Gasteiger partial charge in [-0.15, -0.1) is 0 Å². The minimum atomic E-state index is -3.46. The largest absolute Gasteiger partial charge is 0.377 e. The summed E-state index contributed by atoms with van der Waals surface area (Å²) in [5.74, 6) is 0. The van der Waals surface area contributed by atoms with Gasteiger partial charge in [-0.05, 0) is 32.8 Å². The van der Waals surface area contributed by atoms with Gasteiger partial charge in [-0.2, -0.15) is 0 Å². The zero-order valence-corrected chi connectivity index (χ0v) is 13.7. The van der Waals surface area contributed by atoms with Crippen LogP contribution < -0.4 is 10.0 Å². The van der Waals surface area contributed by atoms with Crippen LogP contribution in [-0.4, -0.2) is 38.3 Å². The smallest absolute Gasteiger partial charge is 0.242 e. The van der Waals surface area contributed by atoms with Crippen LogP contribution >= 0.6 is 0 Å². The zero-order chi connectivity index (χ0) is 15.5. The Morgan fingerprint density at radius 2 is 2.14 bits per heavy atom. The summed E-state index contributed by atoms with van der Waals surface area (Å²) in [6.07, 6.45) is 4.18. The van der Waals surface area contributed by atoms with Crippen LogP contribution in [0.3, 0.4) is 0 Å². The van der Waals surface area contributed by atoms with Crippen LogP contribution in [0.25, 0.3) is 0 Å². The van der Waals surface area contributed by atoms with Crippen molar-refractivity contribution in [2.75, 3.05) is 13.2 Å². The molecule has 120 valence electrons. The van der Waals surface area contributed by atoms with Crippen molar-refractivity contribution in [1.82, 2.24) is 14.6 Å². The van der Waals surface area contributed by atoms with E-state index in [9.17, 15) is 8.42 Å². The molecule has 0 spiro atoms. The van der Waals surface area contributed by atoms with Gasteiger partial charge in [-0.1, -0.05) is 0 Å². The molecule has 0 aliphatic heterocycles. The molecule has 6 nitrogen and oxygen atoms in total. The van der Waals surface area contributed by atoms with Gasteiger partial charge >= 0.3 is 0 Å². The average Bonchev–Trinajstić information content (AvgIpc) is 3.15. The molecule has 2 rings (SSSR count). The highest BCUT2D eigenvalue weighted by Gasteiger charge is 2.22. The van der Waals surface area contributed by atoms with Gasteiger partial charge < -0.3 is 14.6 Å². The first kappa shape index (κ1) is 16.5. The number of nitrogens with zero attached hydrogens (tertiary/aromatic N) is 1. The Bertz CT molecular complexity index is 562. The van der Waals surface area contributed by atoms with E-state index in [-0.39, 0.29) is 12.6 Å². The second kappa shape index (κ2) is 6.91. The highest BCUT2D eigenvalue weighted by Crippen LogP contribution is 2.20. The van der Waals surface area contributed by atoms with E-state index >= 15 is 0 Å². The molecule has 0 saturated heterocycles. The average molecular weight is 315 g/mol. The number of hydrogen-bond donors (Lipinski definition) is 2. The maximum absolute atomic E-state index is 12.2. The lowest BCUT2D eigenvalue weighted by Crippen LogP contribution is -2.28. The van der Waals surface area contributed by atoms with E-state index in [0.717, 1.165) is 5.69 Å². The van der Waals surface area contributed by atoms with Crippen molar-refractivity contribution in [2.24, 2.45) is 7.05 Å². The van der Waals surface area contributed by atoms with Gasteiger partial charge in [0.2, 0.25) is 10.0 Å². The van der Waals surface area contributed by atoms with Crippen LogP contribution in [0.4, 0.5) is 0 Å². The number of nitrogens with one attached hydrogen (secondary N) is 2. The second-order valence-electron chi connectivity index (χ2n) is 5.75. The topological polar surface area (TPSA) is 72.4 Å². The molecule has 1 aromatic rings. The second-order valence-corrected chi connectivity index (χ2v) is 7.52. The van der Waals surface area contributed by atoms with Crippen LogP contribution in [-0.2, 0) is 28.4 Å². The van der Waals surface area contributed by atoms with Gasteiger partial charge in [-0.25, -0.2) is 13.1 Å². The van der Waals surface area contributed by atoms with Crippen molar-refractivity contribution < 1.29 is 13.2 Å². The number of aryl methyl sites for hydroxylation is 1. The monoisotopic (exact) mass is 315 g/mol. The molecule has 0 atom stereocenters. The Morgan fingerprint density at radius 1 is 1.43 bits per heavy atom. The van der Waals surface area contributed by atoms with Crippen LogP contribution in [0.15, 0.2) is 17.2 Å². The molecule has 21 heavy (non-hydrogen) atoms. The first-order valence-corrected chi connectivity index (χ1v) is 8.86. The number of ether oxygens (including phenoxy) is 1. The molecule has 2 N–H and O–H groups in total. The quantitative estimate of drug-likeness (QED) is 0.666. The minimum absolute atomic E-state index is 0.103. The Morgan fingerprint density at radius 3 is 2.76 bits per heavy atom. The van der Waals surface area contributed by atoms with Crippen LogP contribution in [0.1, 0.15) is 32.4 Å². The third kappa shape index (κ3) is 5.10. The molecule has 1 heterocycles. The maximum atomic E-state index is 12.2. The molecule has 1 aromatic heterocycles. The predicted molar refractivity (Wildman–Crippen MR) is 81.6 cm³/mol. The van der Waals surface area contributed by atoms with Crippen molar-refractivity contribution >= 4 is 10.0 Å². The van der Waals surface area contributed by atoms with E-state index in [1.165, 1.54) is 12.8 Å². The summed E-state index contributed by atoms with van der Waals surface area (Å²) in [5.41, 5.74) is 0.973. The van der Waals surface area contributed by atoms with Gasteiger partial charge in [0, 0.05) is 38.1 Å². The SMILES string of the molecule is CC(C)OCCNS(=O)(=O)c1cc(CNC2CC2)n(C)c1. The molecule has 1 saturated carbocycles. The van der Waals surface area contributed by atoms with E-state index in [0.29, 0.717) is 24.1 Å². The third-order valence-corrected chi connectivity index (χ3v) is 4.82. The Kier molecular flexibility index (Phi) is 5.43. The predicted octanol–water partition coefficient (Wildman–Crippen LogP) is 0.980. The van der Waals surface area contributed by atoms with Crippen LogP contribution in [0, 0.1) is 0 Å². The number of rotatable bonds is 9. The van der Waals surface area contributed by atoms with Gasteiger partial charge in [0.05, 0.1) is 17.6 Å². The van der Waals surface area contributed by atoms with E-state index in [4.69, 9.17) is 4.74 Å². The van der Waals surface area contributed by atoms with Crippen molar-refractivity contribution in [3.05, 3.63) is 18.0 Å². The third-order valence-electron chi connectivity index (χ3n) is 3.39. The standard InChI is InChI=1S/C14H25N3O3S/c1-11(2)20-7-6-16-21(18,19)14-8-13(17(3)10-14)9-15-12-4-5-12/h8,10-12,15-16H,4-7,9H2,1-3H3. The highest BCUT2D eigenvalue weighted by atomic mass is 32.2. The molecule has 1 aliphatic carbocycles. The van der Waals surface area contributed by atoms with E-state index in [2.05, 4.69) is 10.0 Å². The van der Waals surface area contributed by atoms with Gasteiger partial charge in [0.15, 0.2) is 0 Å². The van der Waals surface area contributed by atoms with Crippen molar-refractivity contribution in [3.63, 3.8) is 0 Å². The lowest BCUT2D eigenvalue weighted by molar-refractivity contribution is 0.0834. The zero-order valence-electron chi connectivity index (χ0n) is 12.9. The first-order valence-electron chi connectivity index (χ1n) is 7.38. The molecular formula is C14H25N3O3S. The molecule has 1 aliphatic rings. The van der Waals surface area contributed by atoms with Crippen molar-refractivity contribution in [3.8, 4) is 0 Å². The lowest BCUT2D eigenvalue weighted by Gasteiger charge is -2.08. The van der Waals surface area contributed by atoms with Crippen molar-refractivity contribution in [2.45, 2.75) is 50.3 Å². The molecule has 1 fully saturated rings. The Labute approximate surface area is 126 Å². The van der Waals surface area contributed by atoms with Crippen LogP contribution in [0.5, 0.6) is 0 Å². The van der Waals surface area contributed by atoms with Gasteiger partial charge in [-0.3, -0.25) is 0 Å². The van der Waals surface area contributed by atoms with Gasteiger partial charge in [0.25, 0.3) is 0 Å². The van der Waals surface area contributed by atoms with E-state index in [1.54, 1.807) is 12.3 Å². The molecule has 0 bridgehead atoms. The minimum Gasteiger partial charge on any atom is -0.377 e. The summed E-state index contributed by atoms with van der Waals surface area (Å²) >= 11 is 0. The fourth-order valence-electron chi connectivity index (χ4n) is 1.99. The van der Waals surface area contributed by atoms with Crippen molar-refractivity contribution in [1.29, 1.82) is 0 Å². The molecule has 7 heteroatoms. The molecular weight excluding hydrogens is 290 g/mol. The summed E-state index contributed by atoms with van der Waals surface area (Å²) in [7, 11) is -1.60. The van der Waals surface area contributed by atoms with E-state index in [1.807, 2.05) is 25.5 Å². The summed E-state index contributed by atoms with van der Waals surface area (Å²) in [6, 6.07) is 2.33. The molecule has 0 unspecified atom stereocenters. The molecule has 0 amide bonds. The fraction of sp³-hybridized carbons (Fsp3) is 0.714. The number of aromatic nitrogens is 1. The molecule has 0 radical (unpaired) electrons. The number of sulfonamides is 1. The molecule has 0 aromatic carbocycles. The van der Waals surface area contributed by atoms with Gasteiger partial charge in [0.1, 0.15) is 0 Å². The summed E-state index contributed by atoms with van der Waals surface area (Å²) in [4.78, 5) is 0.308. The fourth-order valence-corrected chi connectivity index (χ4v) is 3.10. The normalized spacial score (nSPS) is 15.8. The maximum Gasteiger partial charge on any atom is 0.242 e. The Balaban J connectivity index is 1.90. The summed E-state index contributed by atoms with van der Waals surface area (Å²) < 4.78 is 34.1. The Hall–Kier alpha value is -0.890.